The van der Waals surface area contributed by atoms with Crippen molar-refractivity contribution < 1.29 is 33.4 Å². The summed E-state index contributed by atoms with van der Waals surface area (Å²) in [4.78, 5) is 2.57. The molecule has 3 aromatic rings. The van der Waals surface area contributed by atoms with Crippen molar-refractivity contribution in [3.05, 3.63) is 59.7 Å². The van der Waals surface area contributed by atoms with Crippen molar-refractivity contribution in [2.45, 2.75) is 0 Å². The highest BCUT2D eigenvalue weighted by molar-refractivity contribution is 7.22. The zero-order valence-electron chi connectivity index (χ0n) is 11.4. The highest BCUT2D eigenvalue weighted by Crippen LogP contribution is 2.31. The number of aromatic nitrogens is 1. The summed E-state index contributed by atoms with van der Waals surface area (Å²) in [5.74, 6) is 0. The molecule has 0 radical (unpaired) electrons. The Morgan fingerprint density at radius 2 is 1.61 bits per heavy atom. The van der Waals surface area contributed by atoms with Crippen molar-refractivity contribution in [1.82, 2.24) is 0 Å². The molecule has 3 heterocycles. The van der Waals surface area contributed by atoms with Crippen molar-refractivity contribution in [3.63, 3.8) is 0 Å². The summed E-state index contributed by atoms with van der Waals surface area (Å²) in [6.07, 6.45) is 3.84. The van der Waals surface area contributed by atoms with E-state index in [4.69, 9.17) is 23.9 Å². The average Bonchev–Trinajstić information content (AvgIpc) is 3.16. The van der Waals surface area contributed by atoms with Gasteiger partial charge in [0.05, 0.1) is 16.5 Å². The number of hydrogen-bond acceptors (Lipinski definition) is 7. The van der Waals surface area contributed by atoms with Crippen LogP contribution in [0, 0.1) is 21.6 Å². The van der Waals surface area contributed by atoms with E-state index < -0.39 is 10.2 Å². The largest absolute Gasteiger partial charge is 0.267 e. The Morgan fingerprint density at radius 1 is 0.957 bits per heavy atom. The lowest BCUT2D eigenvalue weighted by molar-refractivity contribution is -2.00. The molecule has 23 heavy (non-hydrogen) atoms. The van der Waals surface area contributed by atoms with Crippen molar-refractivity contribution in [2.75, 3.05) is 0 Å². The quantitative estimate of drug-likeness (QED) is 0.530. The zero-order valence-corrected chi connectivity index (χ0v) is 13.8. The Hall–Kier alpha value is -1.83. The molecule has 3 rings (SSSR count). The van der Waals surface area contributed by atoms with E-state index in [1.807, 2.05) is 29.1 Å². The predicted octanol–water partition coefficient (Wildman–Crippen LogP) is -1.13. The van der Waals surface area contributed by atoms with Gasteiger partial charge in [-0.15, -0.1) is 21.6 Å². The van der Waals surface area contributed by atoms with E-state index in [1.54, 1.807) is 22.7 Å². The molecule has 0 atom stereocenters. The van der Waals surface area contributed by atoms with Crippen molar-refractivity contribution in [3.8, 4) is 20.8 Å². The summed E-state index contributed by atoms with van der Waals surface area (Å²) in [5, 5.41) is 12.0. The van der Waals surface area contributed by atoms with Gasteiger partial charge in [0, 0.05) is 23.1 Å². The maximum absolute atomic E-state index is 8.77. The summed E-state index contributed by atoms with van der Waals surface area (Å²) in [6, 6.07) is 14.2. The SMILES string of the molecule is N#Cc1cc[n+](-c2ccc(-c3cccs3)s2)cc1.[O-][Cl+3]([O-])([O-])[O-]. The van der Waals surface area contributed by atoms with Gasteiger partial charge in [-0.1, -0.05) is 17.4 Å². The van der Waals surface area contributed by atoms with E-state index in [2.05, 4.69) is 35.7 Å². The summed E-state index contributed by atoms with van der Waals surface area (Å²) in [6.45, 7) is 0. The van der Waals surface area contributed by atoms with Gasteiger partial charge >= 0.3 is 0 Å². The monoisotopic (exact) mass is 368 g/mol. The van der Waals surface area contributed by atoms with Crippen LogP contribution in [0.25, 0.3) is 14.8 Å². The van der Waals surface area contributed by atoms with Crippen LogP contribution in [-0.2, 0) is 0 Å². The van der Waals surface area contributed by atoms with E-state index in [-0.39, 0.29) is 0 Å². The standard InChI is InChI=1S/C14H9N2S2.ClHO4/c15-10-11-5-7-16(8-6-11)14-4-3-13(18-14)12-2-1-9-17-12;2-1(3,4)5/h1-9H;(H,2,3,4,5)/q+1;/p-1. The van der Waals surface area contributed by atoms with Gasteiger partial charge in [-0.3, -0.25) is 0 Å². The highest BCUT2D eigenvalue weighted by atomic mass is 35.7. The van der Waals surface area contributed by atoms with Gasteiger partial charge < -0.3 is 0 Å². The van der Waals surface area contributed by atoms with E-state index in [9.17, 15) is 0 Å². The summed E-state index contributed by atoms with van der Waals surface area (Å²) in [5.41, 5.74) is 0.682. The molecule has 3 aromatic heterocycles. The average molecular weight is 369 g/mol. The molecule has 0 saturated heterocycles. The van der Waals surface area contributed by atoms with E-state index in [0.717, 1.165) is 5.00 Å². The van der Waals surface area contributed by atoms with E-state index in [1.165, 1.54) is 9.75 Å². The summed E-state index contributed by atoms with van der Waals surface area (Å²) in [7, 11) is -4.94. The summed E-state index contributed by atoms with van der Waals surface area (Å²) >= 11 is 3.50. The molecule has 9 heteroatoms. The number of rotatable bonds is 2. The number of nitrogens with zero attached hydrogens (tertiary/aromatic N) is 2. The maximum atomic E-state index is 8.77. The fraction of sp³-hybridized carbons (Fsp3) is 0. The van der Waals surface area contributed by atoms with Crippen LogP contribution >= 0.6 is 22.7 Å². The first-order valence-electron chi connectivity index (χ1n) is 6.04. The first-order valence-corrected chi connectivity index (χ1v) is 8.97. The molecule has 0 aromatic carbocycles. The number of halogens is 1. The molecule has 0 bridgehead atoms. The second-order valence-electron chi connectivity index (χ2n) is 4.10. The first kappa shape index (κ1) is 17.5. The van der Waals surface area contributed by atoms with E-state index in [0.29, 0.717) is 5.56 Å². The summed E-state index contributed by atoms with van der Waals surface area (Å²) < 4.78 is 36.0. The van der Waals surface area contributed by atoms with Gasteiger partial charge in [-0.05, 0) is 17.5 Å². The van der Waals surface area contributed by atoms with Crippen LogP contribution in [0.3, 0.4) is 0 Å². The van der Waals surface area contributed by atoms with Crippen molar-refractivity contribution in [2.24, 2.45) is 0 Å². The highest BCUT2D eigenvalue weighted by Gasteiger charge is 2.11. The number of hydrogen-bond donors (Lipinski definition) is 0. The minimum Gasteiger partial charge on any atom is -0.222 e. The minimum absolute atomic E-state index is 0.682. The lowest BCUT2D eigenvalue weighted by Crippen LogP contribution is -2.68. The Balaban J connectivity index is 0.000000338. The topological polar surface area (TPSA) is 120 Å². The van der Waals surface area contributed by atoms with E-state index >= 15 is 0 Å². The van der Waals surface area contributed by atoms with Crippen LogP contribution < -0.4 is 23.2 Å². The van der Waals surface area contributed by atoms with Gasteiger partial charge in [0.25, 0.3) is 5.00 Å². The lowest BCUT2D eigenvalue weighted by atomic mass is 10.3. The Labute approximate surface area is 142 Å². The van der Waals surface area contributed by atoms with Gasteiger partial charge in [-0.25, -0.2) is 18.6 Å². The van der Waals surface area contributed by atoms with Crippen LogP contribution in [0.4, 0.5) is 0 Å². The molecule has 0 aliphatic rings. The molecule has 0 amide bonds. The molecule has 6 nitrogen and oxygen atoms in total. The molecular weight excluding hydrogens is 360 g/mol. The van der Waals surface area contributed by atoms with Crippen LogP contribution in [-0.4, -0.2) is 0 Å². The Morgan fingerprint density at radius 3 is 2.13 bits per heavy atom. The van der Waals surface area contributed by atoms with Gasteiger partial charge in [0.1, 0.15) is 0 Å². The minimum atomic E-state index is -4.94. The third-order valence-corrected chi connectivity index (χ3v) is 4.73. The van der Waals surface area contributed by atoms with Crippen molar-refractivity contribution in [1.29, 1.82) is 5.26 Å². The first-order chi connectivity index (χ1) is 10.9. The van der Waals surface area contributed by atoms with Crippen LogP contribution in [0.15, 0.2) is 54.2 Å². The Kier molecular flexibility index (Phi) is 5.81. The zero-order chi connectivity index (χ0) is 16.9. The fourth-order valence-corrected chi connectivity index (χ4v) is 3.47. The molecule has 0 fully saturated rings. The molecule has 0 aliphatic heterocycles. The number of pyridine rings is 1. The van der Waals surface area contributed by atoms with Crippen LogP contribution in [0.2, 0.25) is 0 Å². The van der Waals surface area contributed by atoms with Gasteiger partial charge in [-0.2, -0.15) is 9.83 Å². The lowest BCUT2D eigenvalue weighted by Gasteiger charge is -2.17. The predicted molar refractivity (Wildman–Crippen MR) is 73.9 cm³/mol. The maximum Gasteiger partial charge on any atom is 0.267 e. The number of thiophene rings is 2. The third kappa shape index (κ3) is 5.70. The molecule has 0 spiro atoms. The number of nitriles is 1. The van der Waals surface area contributed by atoms with Gasteiger partial charge in [0.15, 0.2) is 12.4 Å². The fourth-order valence-electron chi connectivity index (χ4n) is 1.67. The second-order valence-corrected chi connectivity index (χ2v) is 6.86. The van der Waals surface area contributed by atoms with Gasteiger partial charge in [0.2, 0.25) is 0 Å². The molecule has 118 valence electrons. The molecule has 0 N–H and O–H groups in total. The molecule has 0 aliphatic carbocycles. The molecule has 0 saturated carbocycles. The molecule has 0 unspecified atom stereocenters. The Bertz CT molecular complexity index is 784. The third-order valence-electron chi connectivity index (χ3n) is 2.57. The second kappa shape index (κ2) is 7.63. The van der Waals surface area contributed by atoms with Crippen molar-refractivity contribution >= 4 is 22.7 Å². The molecular formula is C14H9ClN2O4S2. The van der Waals surface area contributed by atoms with Crippen LogP contribution in [0.1, 0.15) is 5.56 Å². The van der Waals surface area contributed by atoms with Crippen LogP contribution in [0.5, 0.6) is 0 Å². The normalized spacial score (nSPS) is 10.6. The smallest absolute Gasteiger partial charge is 0.222 e.